The molecule has 1 N–H and O–H groups in total. The topological polar surface area (TPSA) is 23.5 Å². The van der Waals surface area contributed by atoms with Crippen LogP contribution in [0.5, 0.6) is 0 Å². The molecule has 0 aromatic rings. The fraction of sp³-hybridized carbons (Fsp3) is 1.00. The minimum absolute atomic E-state index is 0.0833. The van der Waals surface area contributed by atoms with Gasteiger partial charge in [0.05, 0.1) is 6.10 Å². The first-order valence-corrected chi connectivity index (χ1v) is 6.44. The molecule has 1 aliphatic carbocycles. The molecule has 2 unspecified atom stereocenters. The first-order chi connectivity index (χ1) is 7.08. The van der Waals surface area contributed by atoms with E-state index >= 15 is 0 Å². The van der Waals surface area contributed by atoms with Gasteiger partial charge in [0.25, 0.3) is 0 Å². The third kappa shape index (κ3) is 8.88. The molecule has 15 heavy (non-hydrogen) atoms. The summed E-state index contributed by atoms with van der Waals surface area (Å²) in [6.07, 6.45) is 3.59. The number of aliphatic hydroxyl groups excluding tert-OH is 1. The van der Waals surface area contributed by atoms with E-state index in [-0.39, 0.29) is 6.10 Å². The summed E-state index contributed by atoms with van der Waals surface area (Å²) < 4.78 is 0. The zero-order valence-electron chi connectivity index (χ0n) is 11.2. The Hall–Kier alpha value is -0.0800. The predicted octanol–water partition coefficient (Wildman–Crippen LogP) is 2.76. The van der Waals surface area contributed by atoms with Crippen LogP contribution in [0.25, 0.3) is 0 Å². The minimum atomic E-state index is 0.0833. The van der Waals surface area contributed by atoms with Crippen molar-refractivity contribution in [2.24, 2.45) is 11.8 Å². The molecule has 0 aromatic heterocycles. The van der Waals surface area contributed by atoms with Gasteiger partial charge in [-0.1, -0.05) is 27.7 Å². The standard InChI is InChI=1S/C8H17N.C3H6O.C2H6/c1-7-4-8(2)6-9(3)5-7;4-3-1-2-3;1-2/h7-8H,4-6H2,1-3H3;3-4H,1-2H2;1-2H3. The van der Waals surface area contributed by atoms with Crippen molar-refractivity contribution in [3.8, 4) is 0 Å². The number of rotatable bonds is 0. The van der Waals surface area contributed by atoms with Gasteiger partial charge >= 0.3 is 0 Å². The van der Waals surface area contributed by atoms with Crippen LogP contribution in [0.4, 0.5) is 0 Å². The predicted molar refractivity (Wildman–Crippen MR) is 67.0 cm³/mol. The molecule has 1 saturated heterocycles. The molecule has 1 saturated carbocycles. The second-order valence-corrected chi connectivity index (χ2v) is 4.90. The third-order valence-corrected chi connectivity index (χ3v) is 2.60. The molecule has 2 nitrogen and oxygen atoms in total. The maximum atomic E-state index is 8.17. The van der Waals surface area contributed by atoms with Gasteiger partial charge in [0.2, 0.25) is 0 Å². The summed E-state index contributed by atoms with van der Waals surface area (Å²) in [5.74, 6) is 1.83. The van der Waals surface area contributed by atoms with Gasteiger partial charge in [0, 0.05) is 13.1 Å². The summed E-state index contributed by atoms with van der Waals surface area (Å²) in [7, 11) is 2.21. The normalized spacial score (nSPS) is 30.8. The smallest absolute Gasteiger partial charge is 0.0542 e. The highest BCUT2D eigenvalue weighted by Gasteiger charge is 2.18. The summed E-state index contributed by atoms with van der Waals surface area (Å²) in [4.78, 5) is 2.43. The summed E-state index contributed by atoms with van der Waals surface area (Å²) in [5.41, 5.74) is 0. The van der Waals surface area contributed by atoms with E-state index in [0.717, 1.165) is 24.7 Å². The fourth-order valence-corrected chi connectivity index (χ4v) is 2.05. The third-order valence-electron chi connectivity index (χ3n) is 2.60. The second kappa shape index (κ2) is 8.12. The van der Waals surface area contributed by atoms with Crippen LogP contribution in [0.2, 0.25) is 0 Å². The highest BCUT2D eigenvalue weighted by Crippen LogP contribution is 2.19. The van der Waals surface area contributed by atoms with E-state index in [0.29, 0.717) is 0 Å². The van der Waals surface area contributed by atoms with E-state index in [1.807, 2.05) is 13.8 Å². The van der Waals surface area contributed by atoms with Gasteiger partial charge in [-0.25, -0.2) is 0 Å². The van der Waals surface area contributed by atoms with Gasteiger partial charge in [-0.2, -0.15) is 0 Å². The van der Waals surface area contributed by atoms with E-state index in [9.17, 15) is 0 Å². The van der Waals surface area contributed by atoms with Gasteiger partial charge in [-0.3, -0.25) is 0 Å². The van der Waals surface area contributed by atoms with Crippen molar-refractivity contribution >= 4 is 0 Å². The summed E-state index contributed by atoms with van der Waals surface area (Å²) >= 11 is 0. The Balaban J connectivity index is 0.000000272. The van der Waals surface area contributed by atoms with Crippen LogP contribution in [0, 0.1) is 11.8 Å². The average Bonchev–Trinajstić information content (AvgIpc) is 2.89. The molecule has 2 rings (SSSR count). The zero-order valence-corrected chi connectivity index (χ0v) is 11.2. The lowest BCUT2D eigenvalue weighted by molar-refractivity contribution is 0.171. The molecular formula is C13H29NO. The molecule has 0 aromatic carbocycles. The molecule has 0 spiro atoms. The number of likely N-dealkylation sites (tertiary alicyclic amines) is 1. The number of hydrogen-bond donors (Lipinski definition) is 1. The van der Waals surface area contributed by atoms with Crippen LogP contribution < -0.4 is 0 Å². The lowest BCUT2D eigenvalue weighted by atomic mass is 9.92. The number of piperidine rings is 1. The molecular weight excluding hydrogens is 186 g/mol. The monoisotopic (exact) mass is 215 g/mol. The molecule has 0 radical (unpaired) electrons. The van der Waals surface area contributed by atoms with Crippen molar-refractivity contribution in [3.05, 3.63) is 0 Å². The lowest BCUT2D eigenvalue weighted by Gasteiger charge is -2.31. The first kappa shape index (κ1) is 14.9. The highest BCUT2D eigenvalue weighted by molar-refractivity contribution is 4.71. The van der Waals surface area contributed by atoms with Crippen LogP contribution in [0.1, 0.15) is 47.0 Å². The maximum Gasteiger partial charge on any atom is 0.0542 e. The molecule has 2 heteroatoms. The Morgan fingerprint density at radius 2 is 1.33 bits per heavy atom. The maximum absolute atomic E-state index is 8.17. The van der Waals surface area contributed by atoms with Crippen LogP contribution in [-0.2, 0) is 0 Å². The molecule has 1 heterocycles. The Bertz CT molecular complexity index is 120. The van der Waals surface area contributed by atoms with Crippen molar-refractivity contribution in [2.75, 3.05) is 20.1 Å². The van der Waals surface area contributed by atoms with Crippen LogP contribution in [0.15, 0.2) is 0 Å². The van der Waals surface area contributed by atoms with Crippen LogP contribution in [0.3, 0.4) is 0 Å². The van der Waals surface area contributed by atoms with E-state index in [1.54, 1.807) is 0 Å². The van der Waals surface area contributed by atoms with E-state index in [4.69, 9.17) is 5.11 Å². The first-order valence-electron chi connectivity index (χ1n) is 6.44. The second-order valence-electron chi connectivity index (χ2n) is 4.90. The van der Waals surface area contributed by atoms with Crippen molar-refractivity contribution in [3.63, 3.8) is 0 Å². The van der Waals surface area contributed by atoms with Gasteiger partial charge in [-0.05, 0) is 38.1 Å². The van der Waals surface area contributed by atoms with Crippen molar-refractivity contribution in [1.82, 2.24) is 4.90 Å². The van der Waals surface area contributed by atoms with Crippen molar-refractivity contribution < 1.29 is 5.11 Å². The van der Waals surface area contributed by atoms with Gasteiger partial charge in [-0.15, -0.1) is 0 Å². The van der Waals surface area contributed by atoms with E-state index in [2.05, 4.69) is 25.8 Å². The van der Waals surface area contributed by atoms with Crippen molar-refractivity contribution in [1.29, 1.82) is 0 Å². The Kier molecular flexibility index (Phi) is 8.07. The van der Waals surface area contributed by atoms with Crippen LogP contribution >= 0.6 is 0 Å². The largest absolute Gasteiger partial charge is 0.393 e. The molecule has 2 fully saturated rings. The number of aliphatic hydroxyl groups is 1. The van der Waals surface area contributed by atoms with Gasteiger partial charge in [0.1, 0.15) is 0 Å². The zero-order chi connectivity index (χ0) is 11.8. The van der Waals surface area contributed by atoms with Crippen molar-refractivity contribution in [2.45, 2.75) is 53.1 Å². The Morgan fingerprint density at radius 1 is 1.00 bits per heavy atom. The Labute approximate surface area is 95.7 Å². The highest BCUT2D eigenvalue weighted by atomic mass is 16.3. The molecule has 2 aliphatic rings. The minimum Gasteiger partial charge on any atom is -0.393 e. The summed E-state index contributed by atoms with van der Waals surface area (Å²) in [6.45, 7) is 11.3. The molecule has 1 aliphatic heterocycles. The average molecular weight is 215 g/mol. The lowest BCUT2D eigenvalue weighted by Crippen LogP contribution is -2.35. The van der Waals surface area contributed by atoms with E-state index < -0.39 is 0 Å². The SMILES string of the molecule is CC.CC1CC(C)CN(C)C1.OC1CC1. The van der Waals surface area contributed by atoms with Crippen LogP contribution in [-0.4, -0.2) is 36.2 Å². The molecule has 0 amide bonds. The van der Waals surface area contributed by atoms with Gasteiger partial charge < -0.3 is 10.0 Å². The summed E-state index contributed by atoms with van der Waals surface area (Å²) in [6, 6.07) is 0. The fourth-order valence-electron chi connectivity index (χ4n) is 2.05. The molecule has 2 atom stereocenters. The number of nitrogens with zero attached hydrogens (tertiary/aromatic N) is 1. The van der Waals surface area contributed by atoms with Gasteiger partial charge in [0.15, 0.2) is 0 Å². The molecule has 0 bridgehead atoms. The molecule has 92 valence electrons. The summed E-state index contributed by atoms with van der Waals surface area (Å²) in [5, 5.41) is 8.17. The van der Waals surface area contributed by atoms with E-state index in [1.165, 1.54) is 19.5 Å². The number of hydrogen-bond acceptors (Lipinski definition) is 2. The quantitative estimate of drug-likeness (QED) is 0.671. The Morgan fingerprint density at radius 3 is 1.53 bits per heavy atom.